The smallest absolute Gasteiger partial charge is 0.423 e. The molecule has 0 spiro atoms. The number of carbonyl (C=O) groups excluding carboxylic acids is 1. The van der Waals surface area contributed by atoms with Crippen LogP contribution in [0.25, 0.3) is 22.2 Å². The summed E-state index contributed by atoms with van der Waals surface area (Å²) in [5.41, 5.74) is 1.01. The highest BCUT2D eigenvalue weighted by molar-refractivity contribution is 5.93. The summed E-state index contributed by atoms with van der Waals surface area (Å²) in [6.07, 6.45) is 4.27. The zero-order chi connectivity index (χ0) is 28.0. The zero-order valence-electron chi connectivity index (χ0n) is 20.9. The maximum absolute atomic E-state index is 14.6. The minimum absolute atomic E-state index is 0.00219. The van der Waals surface area contributed by atoms with Crippen molar-refractivity contribution in [3.05, 3.63) is 89.2 Å². The van der Waals surface area contributed by atoms with E-state index >= 15 is 0 Å². The minimum Gasteiger partial charge on any atom is -0.423 e. The Kier molecular flexibility index (Phi) is 8.55. The summed E-state index contributed by atoms with van der Waals surface area (Å²) in [5.74, 6) is -0.331. The fourth-order valence-electron chi connectivity index (χ4n) is 3.93. The van der Waals surface area contributed by atoms with Gasteiger partial charge in [-0.05, 0) is 60.2 Å². The molecule has 0 N–H and O–H groups in total. The van der Waals surface area contributed by atoms with Crippen LogP contribution in [0, 0.1) is 23.5 Å². The molecule has 4 nitrogen and oxygen atoms in total. The Bertz CT molecular complexity index is 1540. The van der Waals surface area contributed by atoms with Crippen molar-refractivity contribution in [1.29, 1.82) is 0 Å². The first-order valence-electron chi connectivity index (χ1n) is 12.3. The van der Waals surface area contributed by atoms with E-state index < -0.39 is 29.3 Å². The summed E-state index contributed by atoms with van der Waals surface area (Å²) >= 11 is 0. The predicted octanol–water partition coefficient (Wildman–Crippen LogP) is 7.83. The Morgan fingerprint density at radius 1 is 0.949 bits per heavy atom. The van der Waals surface area contributed by atoms with Gasteiger partial charge in [-0.25, -0.2) is 23.5 Å². The van der Waals surface area contributed by atoms with Gasteiger partial charge in [0.25, 0.3) is 0 Å². The molecule has 4 rings (SSSR count). The third-order valence-electron chi connectivity index (χ3n) is 5.94. The first-order valence-corrected chi connectivity index (χ1v) is 12.3. The van der Waals surface area contributed by atoms with Crippen LogP contribution in [0.3, 0.4) is 0 Å². The molecule has 0 unspecified atom stereocenters. The molecule has 0 radical (unpaired) electrons. The van der Waals surface area contributed by atoms with Crippen molar-refractivity contribution < 1.29 is 31.5 Å². The molecule has 200 valence electrons. The van der Waals surface area contributed by atoms with Crippen molar-refractivity contribution in [2.24, 2.45) is 0 Å². The number of halogens is 5. The summed E-state index contributed by atoms with van der Waals surface area (Å²) in [6.45, 7) is 2.16. The number of unbranched alkanes of at least 4 members (excludes halogenated alkanes) is 3. The molecule has 9 heteroatoms. The van der Waals surface area contributed by atoms with Gasteiger partial charge in [0.15, 0.2) is 5.82 Å². The topological polar surface area (TPSA) is 52.1 Å². The van der Waals surface area contributed by atoms with Gasteiger partial charge in [-0.2, -0.15) is 13.2 Å². The molecule has 0 atom stereocenters. The second kappa shape index (κ2) is 12.0. The summed E-state index contributed by atoms with van der Waals surface area (Å²) in [6, 6.07) is 10.9. The number of alkyl halides is 3. The van der Waals surface area contributed by atoms with Crippen LogP contribution in [0.2, 0.25) is 0 Å². The van der Waals surface area contributed by atoms with Gasteiger partial charge in [-0.1, -0.05) is 44.2 Å². The lowest BCUT2D eigenvalue weighted by Gasteiger charge is -2.08. The van der Waals surface area contributed by atoms with E-state index in [2.05, 4.69) is 16.9 Å². The van der Waals surface area contributed by atoms with Crippen LogP contribution in [0.5, 0.6) is 5.75 Å². The molecule has 1 aromatic heterocycles. The lowest BCUT2D eigenvalue weighted by atomic mass is 10.0. The molecule has 0 amide bonds. The number of ether oxygens (including phenoxy) is 1. The lowest BCUT2D eigenvalue weighted by Crippen LogP contribution is -2.08. The van der Waals surface area contributed by atoms with Gasteiger partial charge in [-0.3, -0.25) is 0 Å². The standard InChI is InChI=1S/C30H23F5N2O2/c1-2-3-4-5-6-19-17-36-28(37-18-19)20-7-9-21(10-8-20)29(38)39-23-11-12-24-22(15-23)16-26(31)25(27(24)32)13-14-30(33,34)35/h7-12,15-18H,2-6H2,1H3. The van der Waals surface area contributed by atoms with Crippen molar-refractivity contribution in [1.82, 2.24) is 9.97 Å². The van der Waals surface area contributed by atoms with Crippen molar-refractivity contribution in [3.63, 3.8) is 0 Å². The molecular weight excluding hydrogens is 515 g/mol. The number of aryl methyl sites for hydroxylation is 1. The Morgan fingerprint density at radius 2 is 1.67 bits per heavy atom. The highest BCUT2D eigenvalue weighted by atomic mass is 19.4. The number of esters is 1. The number of hydrogen-bond donors (Lipinski definition) is 0. The van der Waals surface area contributed by atoms with Crippen LogP contribution in [0.4, 0.5) is 22.0 Å². The van der Waals surface area contributed by atoms with E-state index in [4.69, 9.17) is 4.74 Å². The summed E-state index contributed by atoms with van der Waals surface area (Å²) in [7, 11) is 0. The fraction of sp³-hybridized carbons (Fsp3) is 0.233. The third kappa shape index (κ3) is 7.17. The Balaban J connectivity index is 1.45. The molecular formula is C30H23F5N2O2. The van der Waals surface area contributed by atoms with Crippen LogP contribution in [0.1, 0.15) is 54.1 Å². The molecule has 4 aromatic rings. The van der Waals surface area contributed by atoms with Gasteiger partial charge in [0, 0.05) is 29.3 Å². The average molecular weight is 539 g/mol. The summed E-state index contributed by atoms with van der Waals surface area (Å²) in [4.78, 5) is 21.5. The van der Waals surface area contributed by atoms with Gasteiger partial charge in [-0.15, -0.1) is 0 Å². The molecule has 0 aliphatic heterocycles. The number of hydrogen-bond acceptors (Lipinski definition) is 4. The largest absolute Gasteiger partial charge is 0.458 e. The lowest BCUT2D eigenvalue weighted by molar-refractivity contribution is -0.0696. The van der Waals surface area contributed by atoms with Crippen LogP contribution in [-0.2, 0) is 6.42 Å². The van der Waals surface area contributed by atoms with E-state index in [9.17, 15) is 26.7 Å². The first-order chi connectivity index (χ1) is 18.6. The third-order valence-corrected chi connectivity index (χ3v) is 5.94. The summed E-state index contributed by atoms with van der Waals surface area (Å²) < 4.78 is 71.2. The highest BCUT2D eigenvalue weighted by Gasteiger charge is 2.24. The SMILES string of the molecule is CCCCCCc1cnc(-c2ccc(C(=O)Oc3ccc4c(F)c(C#CC(F)(F)F)c(F)cc4c3)cc2)nc1. The molecule has 39 heavy (non-hydrogen) atoms. The van der Waals surface area contributed by atoms with E-state index in [0.29, 0.717) is 11.4 Å². The molecule has 0 saturated heterocycles. The summed E-state index contributed by atoms with van der Waals surface area (Å²) in [5, 5.41) is -0.173. The van der Waals surface area contributed by atoms with Crippen LogP contribution >= 0.6 is 0 Å². The van der Waals surface area contributed by atoms with Crippen LogP contribution in [-0.4, -0.2) is 22.1 Å². The highest BCUT2D eigenvalue weighted by Crippen LogP contribution is 2.28. The maximum Gasteiger partial charge on any atom is 0.458 e. The normalized spacial score (nSPS) is 11.2. The molecule has 3 aromatic carbocycles. The minimum atomic E-state index is -4.89. The number of aromatic nitrogens is 2. The molecule has 0 aliphatic carbocycles. The molecule has 0 saturated carbocycles. The van der Waals surface area contributed by atoms with Crippen LogP contribution < -0.4 is 4.74 Å². The number of rotatable bonds is 8. The van der Waals surface area contributed by atoms with E-state index in [1.165, 1.54) is 43.4 Å². The Hall–Kier alpha value is -4.32. The fourth-order valence-corrected chi connectivity index (χ4v) is 3.93. The van der Waals surface area contributed by atoms with Gasteiger partial charge in [0.2, 0.25) is 0 Å². The van der Waals surface area contributed by atoms with Gasteiger partial charge < -0.3 is 4.74 Å². The average Bonchev–Trinajstić information content (AvgIpc) is 2.90. The predicted molar refractivity (Wildman–Crippen MR) is 137 cm³/mol. The van der Waals surface area contributed by atoms with Gasteiger partial charge >= 0.3 is 12.1 Å². The monoisotopic (exact) mass is 538 g/mol. The maximum atomic E-state index is 14.6. The van der Waals surface area contributed by atoms with E-state index in [-0.39, 0.29) is 22.1 Å². The van der Waals surface area contributed by atoms with E-state index in [1.807, 2.05) is 0 Å². The molecule has 0 aliphatic rings. The van der Waals surface area contributed by atoms with E-state index in [0.717, 1.165) is 30.4 Å². The number of nitrogens with zero attached hydrogens (tertiary/aromatic N) is 2. The van der Waals surface area contributed by atoms with Crippen molar-refractivity contribution in [3.8, 4) is 29.0 Å². The first kappa shape index (κ1) is 27.7. The van der Waals surface area contributed by atoms with Crippen LogP contribution in [0.15, 0.2) is 60.9 Å². The molecule has 1 heterocycles. The van der Waals surface area contributed by atoms with E-state index in [1.54, 1.807) is 36.7 Å². The Labute approximate surface area is 221 Å². The van der Waals surface area contributed by atoms with Gasteiger partial charge in [0.05, 0.1) is 11.1 Å². The number of fused-ring (bicyclic) bond motifs is 1. The second-order valence-electron chi connectivity index (χ2n) is 8.87. The number of carbonyl (C=O) groups is 1. The van der Waals surface area contributed by atoms with Gasteiger partial charge in [0.1, 0.15) is 17.4 Å². The quantitative estimate of drug-likeness (QED) is 0.0754. The number of benzene rings is 3. The zero-order valence-corrected chi connectivity index (χ0v) is 20.9. The van der Waals surface area contributed by atoms with Crippen molar-refractivity contribution in [2.75, 3.05) is 0 Å². The molecule has 0 fully saturated rings. The van der Waals surface area contributed by atoms with Crippen molar-refractivity contribution >= 4 is 16.7 Å². The second-order valence-corrected chi connectivity index (χ2v) is 8.87. The van der Waals surface area contributed by atoms with Crippen molar-refractivity contribution in [2.45, 2.75) is 45.2 Å². The Morgan fingerprint density at radius 3 is 2.33 bits per heavy atom. The molecule has 0 bridgehead atoms.